The Morgan fingerprint density at radius 3 is 1.63 bits per heavy atom. The van der Waals surface area contributed by atoms with E-state index in [9.17, 15) is 5.26 Å². The number of nitriles is 1. The molecule has 3 aromatic carbocycles. The molecule has 0 heterocycles. The molecule has 1 N–H and O–H groups in total. The molecule has 0 fully saturated rings. The van der Waals surface area contributed by atoms with E-state index in [4.69, 9.17) is 0 Å². The zero-order chi connectivity index (χ0) is 18.7. The molecule has 3 rings (SSSR count). The average Bonchev–Trinajstić information content (AvgIpc) is 2.73. The molecule has 0 spiro atoms. The Labute approximate surface area is 160 Å². The molecule has 0 radical (unpaired) electrons. The van der Waals surface area contributed by atoms with Gasteiger partial charge in [-0.3, -0.25) is 5.32 Å². The highest BCUT2D eigenvalue weighted by molar-refractivity contribution is 5.81. The molecule has 0 aromatic heterocycles. The van der Waals surface area contributed by atoms with E-state index < -0.39 is 0 Å². The minimum absolute atomic E-state index is 0.519. The lowest BCUT2D eigenvalue weighted by molar-refractivity contribution is 0.394. The van der Waals surface area contributed by atoms with Gasteiger partial charge in [-0.2, -0.15) is 5.26 Å². The molecule has 0 aliphatic rings. The van der Waals surface area contributed by atoms with Crippen molar-refractivity contribution >= 4 is 5.96 Å². The van der Waals surface area contributed by atoms with Gasteiger partial charge in [0, 0.05) is 13.1 Å². The fourth-order valence-electron chi connectivity index (χ4n) is 2.83. The SMILES string of the molecule is N#CNC(=NCc1ccccc1)N(Cc1ccccc1)Cc1ccccc1. The van der Waals surface area contributed by atoms with Gasteiger partial charge in [-0.15, -0.1) is 0 Å². The first-order valence-electron chi connectivity index (χ1n) is 8.91. The van der Waals surface area contributed by atoms with Crippen molar-refractivity contribution in [3.05, 3.63) is 108 Å². The number of hydrogen-bond donors (Lipinski definition) is 1. The van der Waals surface area contributed by atoms with Crippen LogP contribution >= 0.6 is 0 Å². The number of aliphatic imine (C=N–C) groups is 1. The summed E-state index contributed by atoms with van der Waals surface area (Å²) in [4.78, 5) is 6.78. The Balaban J connectivity index is 1.85. The number of benzene rings is 3. The summed E-state index contributed by atoms with van der Waals surface area (Å²) in [5.41, 5.74) is 3.44. The molecule has 0 amide bonds. The van der Waals surface area contributed by atoms with Gasteiger partial charge in [0.15, 0.2) is 6.19 Å². The highest BCUT2D eigenvalue weighted by Crippen LogP contribution is 2.11. The number of rotatable bonds is 6. The summed E-state index contributed by atoms with van der Waals surface area (Å²) in [6, 6.07) is 30.5. The summed E-state index contributed by atoms with van der Waals surface area (Å²) in [5, 5.41) is 12.0. The summed E-state index contributed by atoms with van der Waals surface area (Å²) in [7, 11) is 0. The van der Waals surface area contributed by atoms with Crippen LogP contribution in [0.1, 0.15) is 16.7 Å². The van der Waals surface area contributed by atoms with Gasteiger partial charge in [0.1, 0.15) is 0 Å². The minimum atomic E-state index is 0.519. The maximum atomic E-state index is 9.25. The Morgan fingerprint density at radius 1 is 0.741 bits per heavy atom. The Hall–Kier alpha value is -3.58. The zero-order valence-corrected chi connectivity index (χ0v) is 15.1. The van der Waals surface area contributed by atoms with Crippen LogP contribution in [-0.4, -0.2) is 10.9 Å². The van der Waals surface area contributed by atoms with Crippen LogP contribution in [0, 0.1) is 11.5 Å². The number of nitrogens with zero attached hydrogens (tertiary/aromatic N) is 3. The molecular weight excluding hydrogens is 332 g/mol. The van der Waals surface area contributed by atoms with Crippen LogP contribution in [0.3, 0.4) is 0 Å². The van der Waals surface area contributed by atoms with E-state index in [0.29, 0.717) is 25.6 Å². The van der Waals surface area contributed by atoms with Crippen molar-refractivity contribution in [3.63, 3.8) is 0 Å². The van der Waals surface area contributed by atoms with E-state index in [0.717, 1.165) is 5.56 Å². The third kappa shape index (κ3) is 5.72. The summed E-state index contributed by atoms with van der Waals surface area (Å²) in [6.07, 6.45) is 2.03. The van der Waals surface area contributed by atoms with E-state index in [1.807, 2.05) is 72.9 Å². The van der Waals surface area contributed by atoms with Gasteiger partial charge in [-0.05, 0) is 16.7 Å². The van der Waals surface area contributed by atoms with Crippen molar-refractivity contribution in [1.29, 1.82) is 5.26 Å². The van der Waals surface area contributed by atoms with Gasteiger partial charge < -0.3 is 4.90 Å². The molecule has 4 heteroatoms. The molecule has 0 aliphatic heterocycles. The second-order valence-electron chi connectivity index (χ2n) is 6.19. The standard InChI is InChI=1S/C23H22N4/c24-19-26-23(25-16-20-10-4-1-5-11-20)27(17-21-12-6-2-7-13-21)18-22-14-8-3-9-15-22/h1-15H,16-18H2,(H,25,26). The van der Waals surface area contributed by atoms with Crippen molar-refractivity contribution in [2.45, 2.75) is 19.6 Å². The predicted molar refractivity (Wildman–Crippen MR) is 108 cm³/mol. The molecule has 4 nitrogen and oxygen atoms in total. The van der Waals surface area contributed by atoms with Crippen LogP contribution in [0.15, 0.2) is 96.0 Å². The van der Waals surface area contributed by atoms with Gasteiger partial charge in [0.2, 0.25) is 5.96 Å². The normalized spacial score (nSPS) is 10.9. The molecule has 0 atom stereocenters. The van der Waals surface area contributed by atoms with E-state index >= 15 is 0 Å². The Morgan fingerprint density at radius 2 is 1.19 bits per heavy atom. The first-order chi connectivity index (χ1) is 13.3. The molecular formula is C23H22N4. The number of hydrogen-bond acceptors (Lipinski definition) is 2. The first kappa shape index (κ1) is 18.2. The molecule has 27 heavy (non-hydrogen) atoms. The van der Waals surface area contributed by atoms with Crippen LogP contribution in [0.2, 0.25) is 0 Å². The monoisotopic (exact) mass is 354 g/mol. The summed E-state index contributed by atoms with van der Waals surface area (Å²) >= 11 is 0. The van der Waals surface area contributed by atoms with E-state index in [-0.39, 0.29) is 0 Å². The maximum Gasteiger partial charge on any atom is 0.208 e. The van der Waals surface area contributed by atoms with Crippen molar-refractivity contribution < 1.29 is 0 Å². The van der Waals surface area contributed by atoms with Gasteiger partial charge in [0.25, 0.3) is 0 Å². The fraction of sp³-hybridized carbons (Fsp3) is 0.130. The van der Waals surface area contributed by atoms with Gasteiger partial charge in [-0.25, -0.2) is 4.99 Å². The third-order valence-electron chi connectivity index (χ3n) is 4.15. The fourth-order valence-corrected chi connectivity index (χ4v) is 2.83. The van der Waals surface area contributed by atoms with E-state index in [1.54, 1.807) is 0 Å². The van der Waals surface area contributed by atoms with Crippen LogP contribution < -0.4 is 5.32 Å². The van der Waals surface area contributed by atoms with E-state index in [1.165, 1.54) is 11.1 Å². The van der Waals surface area contributed by atoms with Gasteiger partial charge in [0.05, 0.1) is 6.54 Å². The molecule has 0 saturated carbocycles. The summed E-state index contributed by atoms with van der Waals surface area (Å²) in [5.74, 6) is 0.578. The topological polar surface area (TPSA) is 51.4 Å². The molecule has 0 aliphatic carbocycles. The molecule has 0 bridgehead atoms. The molecule has 0 saturated heterocycles. The molecule has 134 valence electrons. The quantitative estimate of drug-likeness (QED) is 0.310. The summed E-state index contributed by atoms with van der Waals surface area (Å²) < 4.78 is 0. The lowest BCUT2D eigenvalue weighted by Gasteiger charge is -2.25. The second-order valence-corrected chi connectivity index (χ2v) is 6.19. The Bertz CT molecular complexity index is 842. The lowest BCUT2D eigenvalue weighted by Crippen LogP contribution is -2.38. The molecule has 0 unspecified atom stereocenters. The highest BCUT2D eigenvalue weighted by atomic mass is 15.3. The number of nitrogens with one attached hydrogen (secondary N) is 1. The van der Waals surface area contributed by atoms with Gasteiger partial charge in [-0.1, -0.05) is 91.0 Å². The molecule has 3 aromatic rings. The smallest absolute Gasteiger partial charge is 0.208 e. The van der Waals surface area contributed by atoms with Crippen LogP contribution in [-0.2, 0) is 19.6 Å². The van der Waals surface area contributed by atoms with Crippen molar-refractivity contribution in [2.75, 3.05) is 0 Å². The van der Waals surface area contributed by atoms with Crippen molar-refractivity contribution in [2.24, 2.45) is 4.99 Å². The van der Waals surface area contributed by atoms with Crippen molar-refractivity contribution in [1.82, 2.24) is 10.2 Å². The van der Waals surface area contributed by atoms with Crippen molar-refractivity contribution in [3.8, 4) is 6.19 Å². The predicted octanol–water partition coefficient (Wildman–Crippen LogP) is 4.32. The first-order valence-corrected chi connectivity index (χ1v) is 8.91. The summed E-state index contributed by atoms with van der Waals surface area (Å²) in [6.45, 7) is 1.85. The van der Waals surface area contributed by atoms with Crippen LogP contribution in [0.4, 0.5) is 0 Å². The zero-order valence-electron chi connectivity index (χ0n) is 15.1. The van der Waals surface area contributed by atoms with Crippen LogP contribution in [0.25, 0.3) is 0 Å². The lowest BCUT2D eigenvalue weighted by atomic mass is 10.2. The second kappa shape index (κ2) is 9.79. The Kier molecular flexibility index (Phi) is 6.60. The minimum Gasteiger partial charge on any atom is -0.334 e. The maximum absolute atomic E-state index is 9.25. The van der Waals surface area contributed by atoms with Gasteiger partial charge >= 0.3 is 0 Å². The third-order valence-corrected chi connectivity index (χ3v) is 4.15. The largest absolute Gasteiger partial charge is 0.334 e. The van der Waals surface area contributed by atoms with Crippen LogP contribution in [0.5, 0.6) is 0 Å². The van der Waals surface area contributed by atoms with E-state index in [2.05, 4.69) is 39.5 Å². The highest BCUT2D eigenvalue weighted by Gasteiger charge is 2.13. The number of guanidine groups is 1. The average molecular weight is 354 g/mol.